The summed E-state index contributed by atoms with van der Waals surface area (Å²) in [5.74, 6) is 0.458. The lowest BCUT2D eigenvalue weighted by atomic mass is 10.0. The van der Waals surface area contributed by atoms with E-state index in [4.69, 9.17) is 9.47 Å². The van der Waals surface area contributed by atoms with Gasteiger partial charge in [0.05, 0.1) is 12.6 Å². The van der Waals surface area contributed by atoms with Crippen molar-refractivity contribution in [2.45, 2.75) is 64.7 Å². The van der Waals surface area contributed by atoms with Crippen LogP contribution in [0.25, 0.3) is 0 Å². The first-order chi connectivity index (χ1) is 11.4. The van der Waals surface area contributed by atoms with E-state index in [0.29, 0.717) is 18.8 Å². The Morgan fingerprint density at radius 1 is 1.21 bits per heavy atom. The predicted octanol–water partition coefficient (Wildman–Crippen LogP) is 1.95. The number of nitrogens with one attached hydrogen (secondary N) is 1. The molecule has 0 aromatic heterocycles. The van der Waals surface area contributed by atoms with Crippen molar-refractivity contribution in [3.05, 3.63) is 0 Å². The van der Waals surface area contributed by atoms with Crippen molar-refractivity contribution in [2.24, 2.45) is 5.92 Å². The number of Topliss-reactive ketones (excluding diaryl/α,β-unsaturated/α-hetero) is 1. The maximum absolute atomic E-state index is 12.4. The first kappa shape index (κ1) is 21.0. The monoisotopic (exact) mass is 359 g/mol. The molecule has 3 atom stereocenters. The van der Waals surface area contributed by atoms with Gasteiger partial charge >= 0.3 is 5.97 Å². The maximum Gasteiger partial charge on any atom is 0.338 e. The van der Waals surface area contributed by atoms with Gasteiger partial charge in [-0.3, -0.25) is 9.59 Å². The molecule has 0 aliphatic carbocycles. The van der Waals surface area contributed by atoms with Gasteiger partial charge in [0.2, 0.25) is 0 Å². The second kappa shape index (κ2) is 10.7. The van der Waals surface area contributed by atoms with E-state index in [1.54, 1.807) is 18.7 Å². The molecular formula is C17H29NO5S. The van der Waals surface area contributed by atoms with Crippen LogP contribution in [0.5, 0.6) is 0 Å². The Hall–Kier alpha value is -1.08. The molecular weight excluding hydrogens is 330 g/mol. The number of carbonyl (C=O) groups is 3. The zero-order valence-corrected chi connectivity index (χ0v) is 15.8. The third kappa shape index (κ3) is 7.21. The lowest BCUT2D eigenvalue weighted by Crippen LogP contribution is -2.44. The highest BCUT2D eigenvalue weighted by Crippen LogP contribution is 2.24. The van der Waals surface area contributed by atoms with E-state index in [1.165, 1.54) is 0 Å². The Kier molecular flexibility index (Phi) is 9.36. The van der Waals surface area contributed by atoms with E-state index < -0.39 is 30.1 Å². The summed E-state index contributed by atoms with van der Waals surface area (Å²) in [5.41, 5.74) is 0. The zero-order chi connectivity index (χ0) is 18.1. The second-order valence-corrected chi connectivity index (χ2v) is 7.31. The number of amides is 1. The largest absolute Gasteiger partial charge is 0.464 e. The third-order valence-electron chi connectivity index (χ3n) is 3.79. The molecule has 0 bridgehead atoms. The lowest BCUT2D eigenvalue weighted by Gasteiger charge is -2.17. The van der Waals surface area contributed by atoms with Crippen LogP contribution in [-0.2, 0) is 23.9 Å². The van der Waals surface area contributed by atoms with Crippen molar-refractivity contribution in [3.8, 4) is 0 Å². The van der Waals surface area contributed by atoms with Crippen molar-refractivity contribution in [1.29, 1.82) is 0 Å². The highest BCUT2D eigenvalue weighted by molar-refractivity contribution is 7.98. The van der Waals surface area contributed by atoms with Crippen LogP contribution in [0.1, 0.15) is 46.5 Å². The minimum Gasteiger partial charge on any atom is -0.464 e. The van der Waals surface area contributed by atoms with Crippen LogP contribution >= 0.6 is 11.8 Å². The molecule has 0 aromatic rings. The first-order valence-electron chi connectivity index (χ1n) is 8.54. The third-order valence-corrected chi connectivity index (χ3v) is 4.43. The molecule has 1 rings (SSSR count). The van der Waals surface area contributed by atoms with Crippen molar-refractivity contribution in [1.82, 2.24) is 5.32 Å². The lowest BCUT2D eigenvalue weighted by molar-refractivity contribution is -0.144. The molecule has 24 heavy (non-hydrogen) atoms. The first-order valence-corrected chi connectivity index (χ1v) is 9.94. The molecule has 7 heteroatoms. The van der Waals surface area contributed by atoms with Crippen molar-refractivity contribution in [2.75, 3.05) is 18.6 Å². The smallest absolute Gasteiger partial charge is 0.338 e. The fourth-order valence-corrected chi connectivity index (χ4v) is 2.85. The van der Waals surface area contributed by atoms with E-state index in [2.05, 4.69) is 19.2 Å². The Morgan fingerprint density at radius 2 is 1.92 bits per heavy atom. The molecule has 1 heterocycles. The highest BCUT2D eigenvalue weighted by atomic mass is 32.2. The molecule has 0 saturated carbocycles. The van der Waals surface area contributed by atoms with Gasteiger partial charge in [0, 0.05) is 6.42 Å². The van der Waals surface area contributed by atoms with Crippen LogP contribution in [0.3, 0.4) is 0 Å². The van der Waals surface area contributed by atoms with Crippen molar-refractivity contribution in [3.63, 3.8) is 0 Å². The SMILES string of the molecule is CCOC(=O)[C@H]1O[C@@H]1C(=O)N[C@@H](CCSC)C(=O)CCCC(C)C. The van der Waals surface area contributed by atoms with Gasteiger partial charge in [-0.25, -0.2) is 4.79 Å². The molecule has 1 aliphatic heterocycles. The van der Waals surface area contributed by atoms with Gasteiger partial charge in [0.15, 0.2) is 18.0 Å². The fourth-order valence-electron chi connectivity index (χ4n) is 2.38. The number of ether oxygens (including phenoxy) is 2. The van der Waals surface area contributed by atoms with Crippen LogP contribution < -0.4 is 5.32 Å². The standard InChI is InChI=1S/C17H29NO5S/c1-5-22-17(21)15-14(23-15)16(20)18-12(9-10-24-4)13(19)8-6-7-11(2)3/h11-12,14-15H,5-10H2,1-4H3,(H,18,20)/t12-,14-,15-/m0/s1. The van der Waals surface area contributed by atoms with Gasteiger partial charge in [-0.2, -0.15) is 11.8 Å². The van der Waals surface area contributed by atoms with E-state index in [9.17, 15) is 14.4 Å². The molecule has 138 valence electrons. The highest BCUT2D eigenvalue weighted by Gasteiger charge is 2.52. The zero-order valence-electron chi connectivity index (χ0n) is 15.0. The summed E-state index contributed by atoms with van der Waals surface area (Å²) in [6, 6.07) is -0.510. The molecule has 1 saturated heterocycles. The van der Waals surface area contributed by atoms with Crippen LogP contribution in [0.15, 0.2) is 0 Å². The molecule has 1 N–H and O–H groups in total. The number of thioether (sulfide) groups is 1. The predicted molar refractivity (Wildman–Crippen MR) is 93.9 cm³/mol. The molecule has 1 aliphatic rings. The molecule has 0 aromatic carbocycles. The average Bonchev–Trinajstić information content (AvgIpc) is 3.31. The Balaban J connectivity index is 2.48. The molecule has 0 unspecified atom stereocenters. The summed E-state index contributed by atoms with van der Waals surface area (Å²) in [4.78, 5) is 36.1. The summed E-state index contributed by atoms with van der Waals surface area (Å²) in [7, 11) is 0. The molecule has 1 amide bonds. The summed E-state index contributed by atoms with van der Waals surface area (Å²) in [6.45, 7) is 6.19. The van der Waals surface area contributed by atoms with Crippen LogP contribution in [0.2, 0.25) is 0 Å². The number of carbonyl (C=O) groups excluding carboxylic acids is 3. The Morgan fingerprint density at radius 3 is 2.50 bits per heavy atom. The Bertz CT molecular complexity index is 441. The number of rotatable bonds is 12. The van der Waals surface area contributed by atoms with Gasteiger partial charge < -0.3 is 14.8 Å². The topological polar surface area (TPSA) is 85.0 Å². The van der Waals surface area contributed by atoms with Gasteiger partial charge in [0.25, 0.3) is 5.91 Å². The number of hydrogen-bond donors (Lipinski definition) is 1. The van der Waals surface area contributed by atoms with Crippen LogP contribution in [0, 0.1) is 5.92 Å². The number of hydrogen-bond acceptors (Lipinski definition) is 6. The van der Waals surface area contributed by atoms with Crippen LogP contribution in [0.4, 0.5) is 0 Å². The van der Waals surface area contributed by atoms with E-state index in [1.807, 2.05) is 6.26 Å². The maximum atomic E-state index is 12.4. The number of epoxide rings is 1. The normalized spacial score (nSPS) is 20.5. The summed E-state index contributed by atoms with van der Waals surface area (Å²) in [5, 5.41) is 2.74. The molecule has 6 nitrogen and oxygen atoms in total. The fraction of sp³-hybridized carbons (Fsp3) is 0.824. The van der Waals surface area contributed by atoms with Gasteiger partial charge in [-0.15, -0.1) is 0 Å². The molecule has 0 radical (unpaired) electrons. The van der Waals surface area contributed by atoms with E-state index >= 15 is 0 Å². The summed E-state index contributed by atoms with van der Waals surface area (Å²) in [6.07, 6.45) is 3.17. The second-order valence-electron chi connectivity index (χ2n) is 6.32. The molecule has 1 fully saturated rings. The van der Waals surface area contributed by atoms with Gasteiger partial charge in [-0.05, 0) is 37.7 Å². The van der Waals surface area contributed by atoms with Crippen molar-refractivity contribution >= 4 is 29.4 Å². The number of ketones is 1. The number of esters is 1. The molecule has 0 spiro atoms. The minimum atomic E-state index is -0.831. The van der Waals surface area contributed by atoms with Gasteiger partial charge in [-0.1, -0.05) is 20.3 Å². The Labute approximate surface area is 148 Å². The average molecular weight is 359 g/mol. The summed E-state index contributed by atoms with van der Waals surface area (Å²) >= 11 is 1.63. The quantitative estimate of drug-likeness (QED) is 0.423. The van der Waals surface area contributed by atoms with Crippen LogP contribution in [-0.4, -0.2) is 54.5 Å². The van der Waals surface area contributed by atoms with Crippen molar-refractivity contribution < 1.29 is 23.9 Å². The summed E-state index contributed by atoms with van der Waals surface area (Å²) < 4.78 is 9.91. The van der Waals surface area contributed by atoms with Gasteiger partial charge in [0.1, 0.15) is 0 Å². The minimum absolute atomic E-state index is 0.0476. The van der Waals surface area contributed by atoms with E-state index in [0.717, 1.165) is 18.6 Å². The van der Waals surface area contributed by atoms with E-state index in [-0.39, 0.29) is 12.4 Å².